The number of rotatable bonds is 2. The average molecular weight is 308 g/mol. The van der Waals surface area contributed by atoms with Crippen molar-refractivity contribution < 1.29 is 0 Å². The number of thiophene rings is 1. The average Bonchev–Trinajstić information content (AvgIpc) is 2.59. The number of hydrogen-bond acceptors (Lipinski definition) is 2. The first-order valence-corrected chi connectivity index (χ1v) is 7.49. The lowest BCUT2D eigenvalue weighted by Crippen LogP contribution is -1.79. The molecular weight excluding hydrogens is 300 g/mol. The van der Waals surface area contributed by atoms with E-state index in [4.69, 9.17) is 11.6 Å². The molecule has 0 aliphatic carbocycles. The number of fused-ring (bicyclic) bond motifs is 1. The molecule has 1 aromatic heterocycles. The highest BCUT2D eigenvalue weighted by Crippen LogP contribution is 2.37. The predicted molar refractivity (Wildman–Crippen MR) is 70.9 cm³/mol. The second-order valence-corrected chi connectivity index (χ2v) is 5.74. The first kappa shape index (κ1) is 10.8. The SMILES string of the molecule is CSc1cc(CCl)cc2c(Br)csc12. The van der Waals surface area contributed by atoms with E-state index < -0.39 is 0 Å². The number of alkyl halides is 1. The van der Waals surface area contributed by atoms with Crippen LogP contribution < -0.4 is 0 Å². The van der Waals surface area contributed by atoms with Gasteiger partial charge < -0.3 is 0 Å². The summed E-state index contributed by atoms with van der Waals surface area (Å²) in [5.41, 5.74) is 1.18. The summed E-state index contributed by atoms with van der Waals surface area (Å²) < 4.78 is 2.51. The molecule has 2 aromatic rings. The molecule has 0 amide bonds. The largest absolute Gasteiger partial charge is 0.141 e. The molecule has 2 rings (SSSR count). The van der Waals surface area contributed by atoms with Crippen molar-refractivity contribution >= 4 is 60.7 Å². The molecule has 0 fully saturated rings. The quantitative estimate of drug-likeness (QED) is 0.548. The Balaban J connectivity index is 2.76. The third-order valence-electron chi connectivity index (χ3n) is 2.03. The van der Waals surface area contributed by atoms with Crippen LogP contribution in [0.5, 0.6) is 0 Å². The van der Waals surface area contributed by atoms with E-state index in [2.05, 4.69) is 39.7 Å². The smallest absolute Gasteiger partial charge is 0.0490 e. The molecule has 4 heteroatoms. The molecular formula is C10H8BrClS2. The number of benzene rings is 1. The lowest BCUT2D eigenvalue weighted by atomic mass is 10.2. The van der Waals surface area contributed by atoms with E-state index in [0.717, 1.165) is 0 Å². The maximum Gasteiger partial charge on any atom is 0.0490 e. The molecule has 1 aromatic carbocycles. The van der Waals surface area contributed by atoms with Gasteiger partial charge in [0.25, 0.3) is 0 Å². The third kappa shape index (κ3) is 1.83. The maximum absolute atomic E-state index is 5.85. The van der Waals surface area contributed by atoms with Gasteiger partial charge in [0, 0.05) is 30.7 Å². The second-order valence-electron chi connectivity index (χ2n) is 2.89. The van der Waals surface area contributed by atoms with Gasteiger partial charge in [0.1, 0.15) is 0 Å². The van der Waals surface area contributed by atoms with Crippen LogP contribution in [0.3, 0.4) is 0 Å². The van der Waals surface area contributed by atoms with E-state index in [9.17, 15) is 0 Å². The zero-order chi connectivity index (χ0) is 10.1. The lowest BCUT2D eigenvalue weighted by molar-refractivity contribution is 1.38. The van der Waals surface area contributed by atoms with Crippen LogP contribution in [0.25, 0.3) is 10.1 Å². The van der Waals surface area contributed by atoms with Gasteiger partial charge in [0.2, 0.25) is 0 Å². The highest BCUT2D eigenvalue weighted by atomic mass is 79.9. The summed E-state index contributed by atoms with van der Waals surface area (Å²) in [6, 6.07) is 4.32. The molecule has 0 nitrogen and oxygen atoms in total. The molecule has 14 heavy (non-hydrogen) atoms. The van der Waals surface area contributed by atoms with Crippen LogP contribution in [0.15, 0.2) is 26.9 Å². The summed E-state index contributed by atoms with van der Waals surface area (Å²) in [6.45, 7) is 0. The van der Waals surface area contributed by atoms with Crippen LogP contribution >= 0.6 is 50.6 Å². The second kappa shape index (κ2) is 4.44. The fourth-order valence-electron chi connectivity index (χ4n) is 1.36. The van der Waals surface area contributed by atoms with Crippen LogP contribution in [0.4, 0.5) is 0 Å². The zero-order valence-electron chi connectivity index (χ0n) is 7.51. The van der Waals surface area contributed by atoms with Gasteiger partial charge in [-0.25, -0.2) is 0 Å². The Morgan fingerprint density at radius 3 is 2.93 bits per heavy atom. The Morgan fingerprint density at radius 2 is 2.29 bits per heavy atom. The zero-order valence-corrected chi connectivity index (χ0v) is 11.5. The fraction of sp³-hybridized carbons (Fsp3) is 0.200. The van der Waals surface area contributed by atoms with Crippen molar-refractivity contribution in [3.63, 3.8) is 0 Å². The number of halogens is 2. The van der Waals surface area contributed by atoms with Crippen molar-refractivity contribution in [3.05, 3.63) is 27.5 Å². The molecule has 0 saturated carbocycles. The van der Waals surface area contributed by atoms with Gasteiger partial charge in [0.05, 0.1) is 0 Å². The van der Waals surface area contributed by atoms with Crippen molar-refractivity contribution in [1.29, 1.82) is 0 Å². The highest BCUT2D eigenvalue weighted by molar-refractivity contribution is 9.10. The van der Waals surface area contributed by atoms with Crippen molar-refractivity contribution in [3.8, 4) is 0 Å². The van der Waals surface area contributed by atoms with E-state index in [1.165, 1.54) is 25.0 Å². The summed E-state index contributed by atoms with van der Waals surface area (Å²) in [4.78, 5) is 1.31. The van der Waals surface area contributed by atoms with Crippen LogP contribution in [-0.4, -0.2) is 6.26 Å². The van der Waals surface area contributed by atoms with E-state index in [1.54, 1.807) is 23.1 Å². The predicted octanol–water partition coefficient (Wildman–Crippen LogP) is 5.12. The molecule has 0 spiro atoms. The summed E-state index contributed by atoms with van der Waals surface area (Å²) in [6.07, 6.45) is 2.10. The Kier molecular flexibility index (Phi) is 3.42. The summed E-state index contributed by atoms with van der Waals surface area (Å²) in [5, 5.41) is 3.40. The van der Waals surface area contributed by atoms with Crippen molar-refractivity contribution in [2.24, 2.45) is 0 Å². The van der Waals surface area contributed by atoms with Crippen LogP contribution in [0, 0.1) is 0 Å². The highest BCUT2D eigenvalue weighted by Gasteiger charge is 2.07. The van der Waals surface area contributed by atoms with Gasteiger partial charge in [-0.15, -0.1) is 34.7 Å². The van der Waals surface area contributed by atoms with Crippen LogP contribution in [-0.2, 0) is 5.88 Å². The molecule has 0 radical (unpaired) electrons. The van der Waals surface area contributed by atoms with Gasteiger partial charge >= 0.3 is 0 Å². The Bertz CT molecular complexity index is 464. The van der Waals surface area contributed by atoms with Crippen molar-refractivity contribution in [2.45, 2.75) is 10.8 Å². The van der Waals surface area contributed by atoms with Crippen LogP contribution in [0.1, 0.15) is 5.56 Å². The molecule has 0 atom stereocenters. The van der Waals surface area contributed by atoms with E-state index >= 15 is 0 Å². The van der Waals surface area contributed by atoms with Crippen molar-refractivity contribution in [2.75, 3.05) is 6.26 Å². The van der Waals surface area contributed by atoms with Gasteiger partial charge in [-0.05, 0) is 39.9 Å². The topological polar surface area (TPSA) is 0 Å². The molecule has 0 N–H and O–H groups in total. The molecule has 0 bridgehead atoms. The minimum atomic E-state index is 0.575. The third-order valence-corrected chi connectivity index (χ3v) is 5.21. The molecule has 0 aliphatic heterocycles. The van der Waals surface area contributed by atoms with Gasteiger partial charge in [-0.3, -0.25) is 0 Å². The van der Waals surface area contributed by atoms with E-state index in [1.807, 2.05) is 0 Å². The van der Waals surface area contributed by atoms with Gasteiger partial charge in [-0.1, -0.05) is 0 Å². The number of thioether (sulfide) groups is 1. The number of hydrogen-bond donors (Lipinski definition) is 0. The molecule has 0 saturated heterocycles. The normalized spacial score (nSPS) is 11.1. The fourth-order valence-corrected chi connectivity index (χ4v) is 4.02. The first-order valence-electron chi connectivity index (χ1n) is 4.06. The van der Waals surface area contributed by atoms with Crippen LogP contribution in [0.2, 0.25) is 0 Å². The Labute approximate surface area is 105 Å². The van der Waals surface area contributed by atoms with Gasteiger partial charge in [-0.2, -0.15) is 0 Å². The molecule has 0 unspecified atom stereocenters. The summed E-state index contributed by atoms with van der Waals surface area (Å²) in [5.74, 6) is 0.575. The first-order chi connectivity index (χ1) is 6.76. The minimum Gasteiger partial charge on any atom is -0.141 e. The summed E-state index contributed by atoms with van der Waals surface area (Å²) in [7, 11) is 0. The van der Waals surface area contributed by atoms with E-state index in [0.29, 0.717) is 5.88 Å². The standard InChI is InChI=1S/C10H8BrClS2/c1-13-9-3-6(4-12)2-7-8(11)5-14-10(7)9/h2-3,5H,4H2,1H3. The maximum atomic E-state index is 5.85. The minimum absolute atomic E-state index is 0.575. The summed E-state index contributed by atoms with van der Waals surface area (Å²) >= 11 is 13.0. The molecule has 1 heterocycles. The molecule has 74 valence electrons. The molecule has 0 aliphatic rings. The Hall–Kier alpha value is 0.300. The van der Waals surface area contributed by atoms with Crippen molar-refractivity contribution in [1.82, 2.24) is 0 Å². The van der Waals surface area contributed by atoms with Gasteiger partial charge in [0.15, 0.2) is 0 Å². The Morgan fingerprint density at radius 1 is 1.50 bits per heavy atom. The lowest BCUT2D eigenvalue weighted by Gasteiger charge is -2.02. The monoisotopic (exact) mass is 306 g/mol. The van der Waals surface area contributed by atoms with E-state index in [-0.39, 0.29) is 0 Å².